The maximum absolute atomic E-state index is 12.4. The average Bonchev–Trinajstić information content (AvgIpc) is 2.46. The van der Waals surface area contributed by atoms with Crippen LogP contribution in [0.1, 0.15) is 10.5 Å². The molecule has 1 amide bonds. The van der Waals surface area contributed by atoms with Crippen LogP contribution in [-0.4, -0.2) is 33.6 Å². The highest BCUT2D eigenvalue weighted by Crippen LogP contribution is 2.20. The van der Waals surface area contributed by atoms with Gasteiger partial charge in [0.25, 0.3) is 5.91 Å². The first-order valence-electron chi connectivity index (χ1n) is 5.91. The number of phenols is 1. The van der Waals surface area contributed by atoms with Crippen molar-refractivity contribution in [2.45, 2.75) is 0 Å². The number of pyridine rings is 1. The Bertz CT molecular complexity index is 656. The van der Waals surface area contributed by atoms with Crippen LogP contribution in [0.25, 0.3) is 0 Å². The van der Waals surface area contributed by atoms with Crippen LogP contribution in [0.5, 0.6) is 5.75 Å². The van der Waals surface area contributed by atoms with Gasteiger partial charge in [-0.1, -0.05) is 0 Å². The number of nitrogens with zero attached hydrogens (tertiary/aromatic N) is 2. The zero-order chi connectivity index (χ0) is 15.4. The lowest BCUT2D eigenvalue weighted by molar-refractivity contribution is -0.135. The second kappa shape index (κ2) is 6.36. The SMILES string of the molecule is O=C(O)CN(C(=O)c1ccc(Br)cn1)c1ccc(O)cc1. The van der Waals surface area contributed by atoms with Crippen molar-refractivity contribution in [2.75, 3.05) is 11.4 Å². The van der Waals surface area contributed by atoms with Gasteiger partial charge < -0.3 is 10.2 Å². The van der Waals surface area contributed by atoms with E-state index in [1.807, 2.05) is 0 Å². The lowest BCUT2D eigenvalue weighted by Gasteiger charge is -2.20. The molecule has 2 N–H and O–H groups in total. The zero-order valence-electron chi connectivity index (χ0n) is 10.7. The van der Waals surface area contributed by atoms with Gasteiger partial charge in [-0.25, -0.2) is 4.98 Å². The molecule has 1 aromatic heterocycles. The van der Waals surface area contributed by atoms with E-state index < -0.39 is 18.4 Å². The van der Waals surface area contributed by atoms with Crippen molar-refractivity contribution in [2.24, 2.45) is 0 Å². The predicted octanol–water partition coefficient (Wildman–Crippen LogP) is 2.28. The molecule has 0 radical (unpaired) electrons. The fraction of sp³-hybridized carbons (Fsp3) is 0.0714. The molecule has 6 nitrogen and oxygen atoms in total. The number of rotatable bonds is 4. The molecule has 0 aliphatic heterocycles. The maximum atomic E-state index is 12.4. The number of aliphatic carboxylic acids is 1. The number of aromatic nitrogens is 1. The van der Waals surface area contributed by atoms with Crippen LogP contribution in [0.2, 0.25) is 0 Å². The average molecular weight is 351 g/mol. The molecular weight excluding hydrogens is 340 g/mol. The Morgan fingerprint density at radius 2 is 1.81 bits per heavy atom. The van der Waals surface area contributed by atoms with Crippen molar-refractivity contribution in [1.82, 2.24) is 4.98 Å². The second-order valence-electron chi connectivity index (χ2n) is 4.16. The van der Waals surface area contributed by atoms with Gasteiger partial charge in [-0.3, -0.25) is 14.5 Å². The van der Waals surface area contributed by atoms with Crippen LogP contribution in [0.15, 0.2) is 47.1 Å². The van der Waals surface area contributed by atoms with Gasteiger partial charge in [-0.2, -0.15) is 0 Å². The minimum Gasteiger partial charge on any atom is -0.508 e. The highest BCUT2D eigenvalue weighted by Gasteiger charge is 2.21. The molecule has 0 saturated heterocycles. The van der Waals surface area contributed by atoms with Crippen LogP contribution in [0.3, 0.4) is 0 Å². The Kier molecular flexibility index (Phi) is 4.54. The van der Waals surface area contributed by atoms with E-state index in [2.05, 4.69) is 20.9 Å². The smallest absolute Gasteiger partial charge is 0.323 e. The highest BCUT2D eigenvalue weighted by atomic mass is 79.9. The van der Waals surface area contributed by atoms with E-state index in [4.69, 9.17) is 5.11 Å². The van der Waals surface area contributed by atoms with Crippen LogP contribution in [-0.2, 0) is 4.79 Å². The lowest BCUT2D eigenvalue weighted by Crippen LogP contribution is -2.36. The number of carbonyl (C=O) groups excluding carboxylic acids is 1. The number of carboxylic acids is 1. The normalized spacial score (nSPS) is 10.1. The molecule has 1 heterocycles. The number of anilines is 1. The molecule has 7 heteroatoms. The third-order valence-corrected chi connectivity index (χ3v) is 3.12. The molecule has 0 aliphatic rings. The fourth-order valence-electron chi connectivity index (χ4n) is 1.69. The van der Waals surface area contributed by atoms with E-state index in [0.29, 0.717) is 10.2 Å². The second-order valence-corrected chi connectivity index (χ2v) is 5.08. The molecule has 0 saturated carbocycles. The highest BCUT2D eigenvalue weighted by molar-refractivity contribution is 9.10. The Hall–Kier alpha value is -2.41. The monoisotopic (exact) mass is 350 g/mol. The summed E-state index contributed by atoms with van der Waals surface area (Å²) >= 11 is 3.22. The summed E-state index contributed by atoms with van der Waals surface area (Å²) in [6.45, 7) is -0.499. The molecule has 0 bridgehead atoms. The molecule has 0 aliphatic carbocycles. The standard InChI is InChI=1S/C14H11BrN2O4/c15-9-1-6-12(16-7-9)14(21)17(8-13(19)20)10-2-4-11(18)5-3-10/h1-7,18H,8H2,(H,19,20). The van der Waals surface area contributed by atoms with Crippen molar-refractivity contribution < 1.29 is 19.8 Å². The van der Waals surface area contributed by atoms with E-state index in [-0.39, 0.29) is 11.4 Å². The number of aromatic hydroxyl groups is 1. The number of hydrogen-bond acceptors (Lipinski definition) is 4. The first kappa shape index (κ1) is 15.0. The van der Waals surface area contributed by atoms with Gasteiger partial charge in [-0.05, 0) is 52.3 Å². The molecule has 0 atom stereocenters. The van der Waals surface area contributed by atoms with Crippen molar-refractivity contribution in [3.05, 3.63) is 52.8 Å². The van der Waals surface area contributed by atoms with Gasteiger partial charge in [-0.15, -0.1) is 0 Å². The number of hydrogen-bond donors (Lipinski definition) is 2. The molecule has 2 rings (SSSR count). The van der Waals surface area contributed by atoms with Gasteiger partial charge in [0.1, 0.15) is 18.0 Å². The predicted molar refractivity (Wildman–Crippen MR) is 79.4 cm³/mol. The van der Waals surface area contributed by atoms with Crippen LogP contribution in [0, 0.1) is 0 Å². The van der Waals surface area contributed by atoms with E-state index in [9.17, 15) is 14.7 Å². The first-order valence-corrected chi connectivity index (χ1v) is 6.71. The van der Waals surface area contributed by atoms with Crippen LogP contribution in [0.4, 0.5) is 5.69 Å². The molecule has 1 aromatic carbocycles. The lowest BCUT2D eigenvalue weighted by atomic mass is 10.2. The summed E-state index contributed by atoms with van der Waals surface area (Å²) in [6, 6.07) is 8.85. The van der Waals surface area contributed by atoms with Gasteiger partial charge in [0.15, 0.2) is 0 Å². The Morgan fingerprint density at radius 3 is 2.33 bits per heavy atom. The Balaban J connectivity index is 2.35. The molecule has 2 aromatic rings. The Labute approximate surface area is 128 Å². The summed E-state index contributed by atoms with van der Waals surface area (Å²) in [4.78, 5) is 28.4. The maximum Gasteiger partial charge on any atom is 0.323 e. The first-order chi connectivity index (χ1) is 9.97. The number of carbonyl (C=O) groups is 2. The summed E-state index contributed by atoms with van der Waals surface area (Å²) in [5.41, 5.74) is 0.498. The third kappa shape index (κ3) is 3.79. The number of benzene rings is 1. The molecule has 0 unspecified atom stereocenters. The van der Waals surface area contributed by atoms with Crippen LogP contribution >= 0.6 is 15.9 Å². The van der Waals surface area contributed by atoms with E-state index in [0.717, 1.165) is 4.90 Å². The zero-order valence-corrected chi connectivity index (χ0v) is 12.3. The van der Waals surface area contributed by atoms with Gasteiger partial charge in [0, 0.05) is 16.4 Å². The van der Waals surface area contributed by atoms with Crippen LogP contribution < -0.4 is 4.90 Å². The quantitative estimate of drug-likeness (QED) is 0.882. The van der Waals surface area contributed by atoms with Crippen molar-refractivity contribution in [1.29, 1.82) is 0 Å². The topological polar surface area (TPSA) is 90.7 Å². The molecular formula is C14H11BrN2O4. The van der Waals surface area contributed by atoms with E-state index >= 15 is 0 Å². The molecule has 108 valence electrons. The van der Waals surface area contributed by atoms with Gasteiger partial charge in [0.05, 0.1) is 0 Å². The summed E-state index contributed by atoms with van der Waals surface area (Å²) in [7, 11) is 0. The van der Waals surface area contributed by atoms with Crippen molar-refractivity contribution >= 4 is 33.5 Å². The minimum absolute atomic E-state index is 0.0308. The largest absolute Gasteiger partial charge is 0.508 e. The fourth-order valence-corrected chi connectivity index (χ4v) is 1.92. The summed E-state index contributed by atoms with van der Waals surface area (Å²) in [6.07, 6.45) is 1.46. The number of halogens is 1. The number of carboxylic acid groups (broad SMARTS) is 1. The summed E-state index contributed by atoms with van der Waals surface area (Å²) in [5.74, 6) is -1.65. The van der Waals surface area contributed by atoms with E-state index in [1.54, 1.807) is 6.07 Å². The summed E-state index contributed by atoms with van der Waals surface area (Å²) < 4.78 is 0.716. The number of phenolic OH excluding ortho intramolecular Hbond substituents is 1. The Morgan fingerprint density at radius 1 is 1.14 bits per heavy atom. The third-order valence-electron chi connectivity index (χ3n) is 2.65. The van der Waals surface area contributed by atoms with Gasteiger partial charge >= 0.3 is 5.97 Å². The van der Waals surface area contributed by atoms with Crippen molar-refractivity contribution in [3.63, 3.8) is 0 Å². The van der Waals surface area contributed by atoms with Gasteiger partial charge in [0.2, 0.25) is 0 Å². The number of amides is 1. The van der Waals surface area contributed by atoms with Crippen molar-refractivity contribution in [3.8, 4) is 5.75 Å². The molecule has 0 spiro atoms. The minimum atomic E-state index is -1.14. The molecule has 0 fully saturated rings. The molecule has 21 heavy (non-hydrogen) atoms. The summed E-state index contributed by atoms with van der Waals surface area (Å²) in [5, 5.41) is 18.2. The van der Waals surface area contributed by atoms with E-state index in [1.165, 1.54) is 36.5 Å².